The van der Waals surface area contributed by atoms with E-state index in [1.807, 2.05) is 5.32 Å². The number of ether oxygens (including phenoxy) is 1. The van der Waals surface area contributed by atoms with E-state index < -0.39 is 30.3 Å². The minimum atomic E-state index is -3.17. The number of anilines is 2. The van der Waals surface area contributed by atoms with Gasteiger partial charge in [-0.1, -0.05) is 5.16 Å². The lowest BCUT2D eigenvalue weighted by atomic mass is 10.2. The number of cyclic esters (lactones) is 1. The summed E-state index contributed by atoms with van der Waals surface area (Å²) < 4.78 is 49.4. The lowest BCUT2D eigenvalue weighted by Crippen LogP contribution is -2.37. The number of carbonyl (C=O) groups excluding carboxylic acids is 3. The summed E-state index contributed by atoms with van der Waals surface area (Å²) in [6.45, 7) is 0.644. The molecular formula is C21H22F3N5O6. The molecule has 0 radical (unpaired) electrons. The predicted molar refractivity (Wildman–Crippen MR) is 113 cm³/mol. The van der Waals surface area contributed by atoms with Gasteiger partial charge in [0.25, 0.3) is 11.8 Å². The highest BCUT2D eigenvalue weighted by Gasteiger charge is 2.33. The molecule has 2 aromatic rings. The molecule has 0 saturated carbocycles. The van der Waals surface area contributed by atoms with E-state index >= 15 is 0 Å². The van der Waals surface area contributed by atoms with Crippen molar-refractivity contribution in [3.05, 3.63) is 42.0 Å². The van der Waals surface area contributed by atoms with Gasteiger partial charge in [-0.15, -0.1) is 0 Å². The third kappa shape index (κ3) is 5.82. The Kier molecular flexibility index (Phi) is 7.39. The van der Waals surface area contributed by atoms with Crippen LogP contribution in [0, 0.1) is 5.82 Å². The minimum absolute atomic E-state index is 0.0122. The number of hydrogen-bond acceptors (Lipinski definition) is 8. The fraction of sp³-hybridized carbons (Fsp3) is 0.429. The molecule has 2 aliphatic heterocycles. The third-order valence-electron chi connectivity index (χ3n) is 5.44. The van der Waals surface area contributed by atoms with Crippen LogP contribution in [0.4, 0.5) is 29.3 Å². The van der Waals surface area contributed by atoms with E-state index in [0.717, 1.165) is 11.0 Å². The van der Waals surface area contributed by atoms with Gasteiger partial charge in [0, 0.05) is 19.2 Å². The van der Waals surface area contributed by atoms with Gasteiger partial charge in [0.05, 0.1) is 49.7 Å². The van der Waals surface area contributed by atoms with Crippen molar-refractivity contribution in [2.75, 3.05) is 49.1 Å². The highest BCUT2D eigenvalue weighted by Crippen LogP contribution is 2.28. The van der Waals surface area contributed by atoms with Crippen molar-refractivity contribution < 1.29 is 41.7 Å². The van der Waals surface area contributed by atoms with Crippen molar-refractivity contribution in [1.29, 1.82) is 0 Å². The molecule has 4 rings (SSSR count). The van der Waals surface area contributed by atoms with Crippen LogP contribution in [0.3, 0.4) is 0 Å². The van der Waals surface area contributed by atoms with Crippen LogP contribution in [0.1, 0.15) is 5.69 Å². The summed E-state index contributed by atoms with van der Waals surface area (Å²) in [5.41, 5.74) is 0.950. The molecule has 0 unspecified atom stereocenters. The second-order valence-corrected chi connectivity index (χ2v) is 7.78. The first-order valence-corrected chi connectivity index (χ1v) is 10.7. The Bertz CT molecular complexity index is 1070. The molecule has 2 fully saturated rings. The summed E-state index contributed by atoms with van der Waals surface area (Å²) in [5, 5.41) is 6.91. The van der Waals surface area contributed by atoms with Crippen molar-refractivity contribution >= 4 is 29.3 Å². The van der Waals surface area contributed by atoms with Gasteiger partial charge in [0.1, 0.15) is 18.2 Å². The van der Waals surface area contributed by atoms with Gasteiger partial charge in [0.2, 0.25) is 0 Å². The maximum absolute atomic E-state index is 15.0. The fourth-order valence-electron chi connectivity index (χ4n) is 3.71. The van der Waals surface area contributed by atoms with Gasteiger partial charge in [-0.2, -0.15) is 8.78 Å². The van der Waals surface area contributed by atoms with E-state index in [-0.39, 0.29) is 49.9 Å². The largest absolute Gasteiger partial charge is 0.442 e. The first kappa shape index (κ1) is 24.3. The molecule has 0 bridgehead atoms. The number of aromatic nitrogens is 1. The van der Waals surface area contributed by atoms with Gasteiger partial charge >= 0.3 is 12.5 Å². The number of halogens is 3. The molecule has 0 spiro atoms. The Morgan fingerprint density at radius 3 is 2.74 bits per heavy atom. The van der Waals surface area contributed by atoms with Crippen LogP contribution in [-0.2, 0) is 25.6 Å². The van der Waals surface area contributed by atoms with Crippen LogP contribution < -0.4 is 15.1 Å². The van der Waals surface area contributed by atoms with Crippen LogP contribution in [-0.4, -0.2) is 80.0 Å². The number of hydrogen-bond donors (Lipinski definition) is 1. The standard InChI is InChI=1S/C21H22F3N5O6/c22-16-10-14(28-12-15(35-21(28)32)11-25-20(31)19(23)24)1-2-17(16)27-4-5-29(34-8-6-27)18(30)9-13-3-7-33-26-13/h1-3,7,10,15,19H,4-6,8-9,11-12H2,(H,25,31)/t15-/m0/s1. The lowest BCUT2D eigenvalue weighted by molar-refractivity contribution is -0.181. The minimum Gasteiger partial charge on any atom is -0.442 e. The molecule has 35 heavy (non-hydrogen) atoms. The Morgan fingerprint density at radius 2 is 2.03 bits per heavy atom. The molecule has 1 aromatic heterocycles. The van der Waals surface area contributed by atoms with Crippen LogP contribution in [0.25, 0.3) is 0 Å². The predicted octanol–water partition coefficient (Wildman–Crippen LogP) is 1.34. The molecule has 3 heterocycles. The summed E-state index contributed by atoms with van der Waals surface area (Å²) >= 11 is 0. The number of alkyl halides is 2. The highest BCUT2D eigenvalue weighted by atomic mass is 19.3. The van der Waals surface area contributed by atoms with E-state index in [2.05, 4.69) is 5.16 Å². The fourth-order valence-corrected chi connectivity index (χ4v) is 3.71. The zero-order chi connectivity index (χ0) is 24.9. The van der Waals surface area contributed by atoms with Gasteiger partial charge in [-0.25, -0.2) is 14.2 Å². The number of amides is 3. The van der Waals surface area contributed by atoms with Crippen molar-refractivity contribution in [3.8, 4) is 0 Å². The lowest BCUT2D eigenvalue weighted by Gasteiger charge is -2.24. The van der Waals surface area contributed by atoms with Crippen molar-refractivity contribution in [2.45, 2.75) is 19.0 Å². The van der Waals surface area contributed by atoms with E-state index in [4.69, 9.17) is 14.1 Å². The van der Waals surface area contributed by atoms with E-state index in [9.17, 15) is 27.6 Å². The molecule has 14 heteroatoms. The Hall–Kier alpha value is -3.81. The molecule has 3 amide bonds. The molecule has 1 aromatic carbocycles. The summed E-state index contributed by atoms with van der Waals surface area (Å²) in [4.78, 5) is 44.0. The Balaban J connectivity index is 1.35. The van der Waals surface area contributed by atoms with E-state index in [1.54, 1.807) is 11.0 Å². The second-order valence-electron chi connectivity index (χ2n) is 7.78. The Morgan fingerprint density at radius 1 is 1.20 bits per heavy atom. The molecule has 2 saturated heterocycles. The van der Waals surface area contributed by atoms with Crippen molar-refractivity contribution in [1.82, 2.24) is 15.5 Å². The van der Waals surface area contributed by atoms with Crippen molar-refractivity contribution in [3.63, 3.8) is 0 Å². The Labute approximate surface area is 197 Å². The highest BCUT2D eigenvalue weighted by molar-refractivity contribution is 5.90. The van der Waals surface area contributed by atoms with Crippen LogP contribution in [0.2, 0.25) is 0 Å². The van der Waals surface area contributed by atoms with E-state index in [0.29, 0.717) is 18.8 Å². The van der Waals surface area contributed by atoms with Crippen LogP contribution >= 0.6 is 0 Å². The summed E-state index contributed by atoms with van der Waals surface area (Å²) in [6, 6.07) is 5.77. The molecule has 2 aliphatic rings. The first-order valence-electron chi connectivity index (χ1n) is 10.7. The molecule has 1 atom stereocenters. The first-order chi connectivity index (χ1) is 16.8. The second kappa shape index (κ2) is 10.6. The summed E-state index contributed by atoms with van der Waals surface area (Å²) in [7, 11) is 0. The zero-order valence-corrected chi connectivity index (χ0v) is 18.4. The zero-order valence-electron chi connectivity index (χ0n) is 18.4. The number of nitrogens with one attached hydrogen (secondary N) is 1. The molecule has 11 nitrogen and oxygen atoms in total. The quantitative estimate of drug-likeness (QED) is 0.609. The van der Waals surface area contributed by atoms with E-state index in [1.165, 1.54) is 23.5 Å². The average Bonchev–Trinajstić information content (AvgIpc) is 3.39. The number of hydroxylamine groups is 2. The summed E-state index contributed by atoms with van der Waals surface area (Å²) in [5.74, 6) is -2.37. The van der Waals surface area contributed by atoms with Gasteiger partial charge in [-0.05, 0) is 18.2 Å². The van der Waals surface area contributed by atoms with Gasteiger partial charge in [-0.3, -0.25) is 19.3 Å². The number of nitrogens with zero attached hydrogens (tertiary/aromatic N) is 4. The summed E-state index contributed by atoms with van der Waals surface area (Å²) in [6.07, 6.45) is -3.42. The molecule has 1 N–H and O–H groups in total. The smallest absolute Gasteiger partial charge is 0.414 e. The molecule has 188 valence electrons. The topological polar surface area (TPSA) is 117 Å². The van der Waals surface area contributed by atoms with Crippen molar-refractivity contribution in [2.24, 2.45) is 0 Å². The monoisotopic (exact) mass is 497 g/mol. The van der Waals surface area contributed by atoms with Crippen LogP contribution in [0.15, 0.2) is 35.1 Å². The average molecular weight is 497 g/mol. The third-order valence-corrected chi connectivity index (χ3v) is 5.44. The van der Waals surface area contributed by atoms with Crippen LogP contribution in [0.5, 0.6) is 0 Å². The molecular weight excluding hydrogens is 475 g/mol. The normalized spacial score (nSPS) is 18.6. The molecule has 0 aliphatic carbocycles. The van der Waals surface area contributed by atoms with Gasteiger partial charge in [0.15, 0.2) is 0 Å². The maximum atomic E-state index is 15.0. The number of carbonyl (C=O) groups is 3. The number of benzene rings is 1. The number of rotatable bonds is 7. The van der Waals surface area contributed by atoms with Gasteiger partial charge < -0.3 is 19.5 Å². The maximum Gasteiger partial charge on any atom is 0.414 e. The SMILES string of the molecule is O=C(NC[C@H]1CN(c2ccc(N3CCON(C(=O)Cc4ccon4)CC3)c(F)c2)C(=O)O1)C(F)F.